The number of anilines is 2. The third-order valence-corrected chi connectivity index (χ3v) is 6.30. The summed E-state index contributed by atoms with van der Waals surface area (Å²) >= 11 is 1.33. The fourth-order valence-corrected chi connectivity index (χ4v) is 4.52. The molecule has 0 aliphatic rings. The van der Waals surface area contributed by atoms with Gasteiger partial charge in [0.15, 0.2) is 5.69 Å². The zero-order valence-corrected chi connectivity index (χ0v) is 18.6. The molecule has 0 radical (unpaired) electrons. The zero-order chi connectivity index (χ0) is 22.0. The average molecular weight is 433 g/mol. The van der Waals surface area contributed by atoms with Crippen molar-refractivity contribution in [3.8, 4) is 0 Å². The highest BCUT2D eigenvalue weighted by atomic mass is 32.1. The van der Waals surface area contributed by atoms with E-state index in [0.717, 1.165) is 35.2 Å². The molecule has 0 bridgehead atoms. The Bertz CT molecular complexity index is 1150. The Balaban J connectivity index is 2.11. The molecule has 0 spiro atoms. The second kappa shape index (κ2) is 8.86. The van der Waals surface area contributed by atoms with Gasteiger partial charge in [0.05, 0.1) is 10.6 Å². The van der Waals surface area contributed by atoms with E-state index in [4.69, 9.17) is 5.73 Å². The minimum atomic E-state index is -0.645. The molecule has 1 amide bonds. The molecule has 3 heterocycles. The summed E-state index contributed by atoms with van der Waals surface area (Å²) in [4.78, 5) is 43.6. The lowest BCUT2D eigenvalue weighted by Crippen LogP contribution is -2.41. The first-order chi connectivity index (χ1) is 14.3. The topological polar surface area (TPSA) is 119 Å². The zero-order valence-electron chi connectivity index (χ0n) is 17.8. The molecule has 30 heavy (non-hydrogen) atoms. The standard InChI is InChI=1S/C20H28N6O3S/c1-5-7-9-25(15-16(21)26(10-8-6-2)20(29)22-17(15)27)18(28)14-11-13-12(3)23-24(4)19(13)30-14/h11H,5-10,21H2,1-4H3,(H,22,27,29). The average Bonchev–Trinajstić information content (AvgIpc) is 3.25. The lowest BCUT2D eigenvalue weighted by atomic mass is 10.2. The van der Waals surface area contributed by atoms with E-state index < -0.39 is 11.2 Å². The van der Waals surface area contributed by atoms with Gasteiger partial charge in [0.1, 0.15) is 10.6 Å². The van der Waals surface area contributed by atoms with Crippen molar-refractivity contribution in [1.29, 1.82) is 0 Å². The van der Waals surface area contributed by atoms with Crippen LogP contribution in [0.5, 0.6) is 0 Å². The van der Waals surface area contributed by atoms with Crippen molar-refractivity contribution in [2.75, 3.05) is 17.2 Å². The smallest absolute Gasteiger partial charge is 0.330 e. The SMILES string of the molecule is CCCCN(C(=O)c1cc2c(C)nn(C)c2s1)c1c(N)n(CCCC)c(=O)[nH]c1=O. The number of carbonyl (C=O) groups excluding carboxylic acids is 1. The van der Waals surface area contributed by atoms with Crippen LogP contribution in [0.15, 0.2) is 15.7 Å². The van der Waals surface area contributed by atoms with Crippen molar-refractivity contribution in [3.05, 3.63) is 37.5 Å². The van der Waals surface area contributed by atoms with Crippen LogP contribution in [0, 0.1) is 6.92 Å². The molecule has 3 aromatic heterocycles. The van der Waals surface area contributed by atoms with Gasteiger partial charge >= 0.3 is 5.69 Å². The highest BCUT2D eigenvalue weighted by Crippen LogP contribution is 2.30. The summed E-state index contributed by atoms with van der Waals surface area (Å²) in [5.41, 5.74) is 5.94. The molecule has 162 valence electrons. The van der Waals surface area contributed by atoms with Gasteiger partial charge in [0.2, 0.25) is 0 Å². The van der Waals surface area contributed by atoms with E-state index in [0.29, 0.717) is 24.4 Å². The molecule has 0 aromatic carbocycles. The molecule has 3 aromatic rings. The molecule has 3 N–H and O–H groups in total. The number of fused-ring (bicyclic) bond motifs is 1. The number of aryl methyl sites for hydroxylation is 2. The van der Waals surface area contributed by atoms with Gasteiger partial charge in [-0.05, 0) is 25.8 Å². The van der Waals surface area contributed by atoms with Crippen LogP contribution in [0.3, 0.4) is 0 Å². The fourth-order valence-electron chi connectivity index (χ4n) is 3.45. The van der Waals surface area contributed by atoms with Crippen molar-refractivity contribution >= 4 is 39.0 Å². The van der Waals surface area contributed by atoms with Crippen molar-refractivity contribution in [2.45, 2.75) is 53.0 Å². The van der Waals surface area contributed by atoms with Crippen molar-refractivity contribution < 1.29 is 4.79 Å². The molecular formula is C20H28N6O3S. The number of rotatable bonds is 8. The molecule has 0 aliphatic carbocycles. The molecule has 0 unspecified atom stereocenters. The number of hydrogen-bond acceptors (Lipinski definition) is 6. The predicted molar refractivity (Wildman–Crippen MR) is 121 cm³/mol. The normalized spacial score (nSPS) is 11.3. The van der Waals surface area contributed by atoms with Gasteiger partial charge < -0.3 is 5.73 Å². The summed E-state index contributed by atoms with van der Waals surface area (Å²) in [5.74, 6) is -0.275. The number of unbranched alkanes of at least 4 members (excludes halogenated alkanes) is 2. The van der Waals surface area contributed by atoms with E-state index in [9.17, 15) is 14.4 Å². The first kappa shape index (κ1) is 21.8. The van der Waals surface area contributed by atoms with Crippen LogP contribution in [-0.2, 0) is 13.6 Å². The molecular weight excluding hydrogens is 404 g/mol. The lowest BCUT2D eigenvalue weighted by Gasteiger charge is -2.24. The number of carbonyl (C=O) groups is 1. The number of amides is 1. The monoisotopic (exact) mass is 432 g/mol. The van der Waals surface area contributed by atoms with Crippen molar-refractivity contribution in [1.82, 2.24) is 19.3 Å². The molecule has 10 heteroatoms. The van der Waals surface area contributed by atoms with E-state index in [2.05, 4.69) is 10.1 Å². The lowest BCUT2D eigenvalue weighted by molar-refractivity contribution is 0.0990. The van der Waals surface area contributed by atoms with E-state index >= 15 is 0 Å². The summed E-state index contributed by atoms with van der Waals surface area (Å²) in [6.45, 7) is 6.62. The first-order valence-electron chi connectivity index (χ1n) is 10.2. The van der Waals surface area contributed by atoms with Gasteiger partial charge in [-0.25, -0.2) is 4.79 Å². The van der Waals surface area contributed by atoms with Gasteiger partial charge in [-0.1, -0.05) is 26.7 Å². The van der Waals surface area contributed by atoms with Crippen LogP contribution >= 0.6 is 11.3 Å². The Morgan fingerprint density at radius 3 is 2.60 bits per heavy atom. The van der Waals surface area contributed by atoms with E-state index in [1.54, 1.807) is 10.7 Å². The molecule has 0 atom stereocenters. The van der Waals surface area contributed by atoms with Gasteiger partial charge in [-0.3, -0.25) is 28.7 Å². The second-order valence-corrected chi connectivity index (χ2v) is 8.38. The third-order valence-electron chi connectivity index (χ3n) is 5.11. The maximum Gasteiger partial charge on any atom is 0.330 e. The van der Waals surface area contributed by atoms with Crippen LogP contribution in [-0.4, -0.2) is 31.8 Å². The maximum atomic E-state index is 13.5. The first-order valence-corrected chi connectivity index (χ1v) is 11.0. The number of nitrogens with one attached hydrogen (secondary N) is 1. The molecule has 3 rings (SSSR count). The number of nitrogens with two attached hydrogens (primary N) is 1. The van der Waals surface area contributed by atoms with Gasteiger partial charge in [-0.2, -0.15) is 5.10 Å². The van der Waals surface area contributed by atoms with Gasteiger partial charge in [-0.15, -0.1) is 11.3 Å². The number of aromatic amines is 1. The van der Waals surface area contributed by atoms with Crippen molar-refractivity contribution in [3.63, 3.8) is 0 Å². The number of hydrogen-bond donors (Lipinski definition) is 2. The Labute approximate surface area is 178 Å². The molecule has 0 aliphatic heterocycles. The van der Waals surface area contributed by atoms with Crippen LogP contribution in [0.25, 0.3) is 10.2 Å². The van der Waals surface area contributed by atoms with Gasteiger partial charge in [0, 0.05) is 25.5 Å². The van der Waals surface area contributed by atoms with E-state index in [1.165, 1.54) is 20.8 Å². The van der Waals surface area contributed by atoms with Crippen LogP contribution in [0.2, 0.25) is 0 Å². The van der Waals surface area contributed by atoms with Crippen molar-refractivity contribution in [2.24, 2.45) is 7.05 Å². The molecule has 0 saturated heterocycles. The highest BCUT2D eigenvalue weighted by molar-refractivity contribution is 7.20. The second-order valence-electron chi connectivity index (χ2n) is 7.35. The largest absolute Gasteiger partial charge is 0.383 e. The summed E-state index contributed by atoms with van der Waals surface area (Å²) in [6.07, 6.45) is 3.14. The molecule has 0 fully saturated rings. The predicted octanol–water partition coefficient (Wildman–Crippen LogP) is 2.62. The van der Waals surface area contributed by atoms with E-state index in [-0.39, 0.29) is 17.4 Å². The summed E-state index contributed by atoms with van der Waals surface area (Å²) in [5, 5.41) is 5.28. The van der Waals surface area contributed by atoms with Crippen LogP contribution < -0.4 is 21.9 Å². The quantitative estimate of drug-likeness (QED) is 0.567. The Hall–Kier alpha value is -2.88. The van der Waals surface area contributed by atoms with E-state index in [1.807, 2.05) is 27.8 Å². The third kappa shape index (κ3) is 3.91. The number of H-pyrrole nitrogens is 1. The number of aromatic nitrogens is 4. The summed E-state index contributed by atoms with van der Waals surface area (Å²) < 4.78 is 3.08. The molecule has 9 nitrogen and oxygen atoms in total. The number of nitrogen functional groups attached to an aromatic ring is 1. The van der Waals surface area contributed by atoms with Crippen LogP contribution in [0.4, 0.5) is 11.5 Å². The minimum absolute atomic E-state index is 0.0283. The molecule has 0 saturated carbocycles. The summed E-state index contributed by atoms with van der Waals surface area (Å²) in [6, 6.07) is 1.81. The Kier molecular flexibility index (Phi) is 6.45. The Morgan fingerprint density at radius 1 is 1.27 bits per heavy atom. The van der Waals surface area contributed by atoms with Crippen LogP contribution in [0.1, 0.15) is 54.9 Å². The minimum Gasteiger partial charge on any atom is -0.383 e. The highest BCUT2D eigenvalue weighted by Gasteiger charge is 2.27. The number of thiophene rings is 1. The van der Waals surface area contributed by atoms with Gasteiger partial charge in [0.25, 0.3) is 11.5 Å². The fraction of sp³-hybridized carbons (Fsp3) is 0.500. The maximum absolute atomic E-state index is 13.5. The number of nitrogens with zero attached hydrogens (tertiary/aromatic N) is 4. The Morgan fingerprint density at radius 2 is 1.97 bits per heavy atom. The summed E-state index contributed by atoms with van der Waals surface area (Å²) in [7, 11) is 1.83.